The quantitative estimate of drug-likeness (QED) is 0.0930. The minimum Gasteiger partial charge on any atom is -0.377 e. The second kappa shape index (κ2) is 12.6. The minimum atomic E-state index is -4.12. The van der Waals surface area contributed by atoms with Crippen LogP contribution in [0.1, 0.15) is 44.0 Å². The fourth-order valence-corrected chi connectivity index (χ4v) is 3.27. The third kappa shape index (κ3) is 6.95. The zero-order chi connectivity index (χ0) is 26.1. The van der Waals surface area contributed by atoms with Crippen molar-refractivity contribution in [2.24, 2.45) is 15.5 Å². The van der Waals surface area contributed by atoms with Gasteiger partial charge in [0, 0.05) is 29.4 Å². The molecule has 0 saturated heterocycles. The summed E-state index contributed by atoms with van der Waals surface area (Å²) in [6.07, 6.45) is 8.45. The maximum absolute atomic E-state index is 15.7. The lowest BCUT2D eigenvalue weighted by atomic mass is 9.84. The number of rotatable bonds is 11. The van der Waals surface area contributed by atoms with Gasteiger partial charge in [-0.15, -0.1) is 16.7 Å². The summed E-state index contributed by atoms with van der Waals surface area (Å²) in [6.45, 7) is 4.27. The van der Waals surface area contributed by atoms with Gasteiger partial charge in [-0.1, -0.05) is 36.4 Å². The first-order chi connectivity index (χ1) is 16.6. The molecule has 11 heteroatoms. The fourth-order valence-electron chi connectivity index (χ4n) is 3.18. The number of aromatic nitrogens is 1. The normalized spacial score (nSPS) is 15.7. The van der Waals surface area contributed by atoms with Crippen LogP contribution in [-0.4, -0.2) is 28.2 Å². The van der Waals surface area contributed by atoms with Gasteiger partial charge in [0.25, 0.3) is 0 Å². The molecule has 1 heterocycles. The van der Waals surface area contributed by atoms with Crippen LogP contribution in [0, 0.1) is 11.6 Å². The van der Waals surface area contributed by atoms with Crippen molar-refractivity contribution in [3.63, 3.8) is 0 Å². The predicted molar refractivity (Wildman–Crippen MR) is 128 cm³/mol. The van der Waals surface area contributed by atoms with Crippen molar-refractivity contribution in [1.29, 1.82) is 0 Å². The summed E-state index contributed by atoms with van der Waals surface area (Å²) in [6, 6.07) is 4.39. The van der Waals surface area contributed by atoms with E-state index in [1.807, 2.05) is 6.92 Å². The Labute approximate surface area is 206 Å². The molecule has 1 aromatic carbocycles. The number of aliphatic hydroxyl groups is 1. The predicted octanol–water partition coefficient (Wildman–Crippen LogP) is 6.28. The van der Waals surface area contributed by atoms with E-state index in [1.165, 1.54) is 18.5 Å². The zero-order valence-electron chi connectivity index (χ0n) is 19.4. The Balaban J connectivity index is 2.48. The average molecular weight is 512 g/mol. The molecular weight excluding hydrogens is 486 g/mol. The number of allylic oxidation sites excluding steroid dienone is 4. The smallest absolute Gasteiger partial charge is 0.323 e. The van der Waals surface area contributed by atoms with E-state index in [0.29, 0.717) is 18.1 Å². The molecule has 0 fully saturated rings. The molecule has 1 aromatic heterocycles. The monoisotopic (exact) mass is 511 g/mol. The molecule has 2 rings (SSSR count). The van der Waals surface area contributed by atoms with E-state index < -0.39 is 41.0 Å². The second-order valence-electron chi connectivity index (χ2n) is 7.50. The molecular formula is C24H26ClF4N5O. The van der Waals surface area contributed by atoms with Crippen LogP contribution in [0.2, 0.25) is 0 Å². The van der Waals surface area contributed by atoms with Crippen LogP contribution in [0.15, 0.2) is 70.3 Å². The topological polar surface area (TPSA) is 82.2 Å². The van der Waals surface area contributed by atoms with Gasteiger partial charge in [-0.05, 0) is 54.8 Å². The van der Waals surface area contributed by atoms with Crippen LogP contribution in [0.25, 0.3) is 5.57 Å². The lowest BCUT2D eigenvalue weighted by Crippen LogP contribution is -2.50. The van der Waals surface area contributed by atoms with E-state index >= 15 is 8.78 Å². The molecule has 0 radical (unpaired) electrons. The van der Waals surface area contributed by atoms with Crippen molar-refractivity contribution < 1.29 is 22.7 Å². The standard InChI is InChI=1S/C24H26ClF4N5O/c1-4-17(8-6-7-16(3)25)18-9-12-22(30-14-18)24(28,29)23(35,15-32-34-33-31-5-2)20-11-10-19(26)13-21(20)27/h5-14,16,35H,4,15H2,1-3H3,(H,32,33)/b7-6-,17-8+,31-5-. The Morgan fingerprint density at radius 2 is 2.00 bits per heavy atom. The molecule has 35 heavy (non-hydrogen) atoms. The molecule has 2 atom stereocenters. The Bertz CT molecular complexity index is 1100. The van der Waals surface area contributed by atoms with Gasteiger partial charge in [-0.25, -0.2) is 8.78 Å². The van der Waals surface area contributed by atoms with Gasteiger partial charge in [0.05, 0.1) is 6.54 Å². The summed E-state index contributed by atoms with van der Waals surface area (Å²) < 4.78 is 59.4. The highest BCUT2D eigenvalue weighted by Gasteiger charge is 2.57. The summed E-state index contributed by atoms with van der Waals surface area (Å²) in [5.74, 6) is -6.46. The summed E-state index contributed by atoms with van der Waals surface area (Å²) in [4.78, 5) is 3.86. The highest BCUT2D eigenvalue weighted by Crippen LogP contribution is 2.45. The molecule has 2 aromatic rings. The number of hydrogen-bond donors (Lipinski definition) is 2. The van der Waals surface area contributed by atoms with Crippen molar-refractivity contribution in [1.82, 2.24) is 10.4 Å². The number of hydrogen-bond acceptors (Lipinski definition) is 4. The Hall–Kier alpha value is -3.11. The number of nitrogens with one attached hydrogen (secondary N) is 1. The Kier molecular flexibility index (Phi) is 10.1. The van der Waals surface area contributed by atoms with E-state index in [1.54, 1.807) is 32.1 Å². The maximum atomic E-state index is 15.7. The molecule has 0 aliphatic heterocycles. The van der Waals surface area contributed by atoms with Gasteiger partial charge in [0.2, 0.25) is 0 Å². The van der Waals surface area contributed by atoms with Crippen LogP contribution in [-0.2, 0) is 11.5 Å². The molecule has 0 spiro atoms. The van der Waals surface area contributed by atoms with Crippen LogP contribution >= 0.6 is 11.6 Å². The maximum Gasteiger partial charge on any atom is 0.323 e. The average Bonchev–Trinajstić information content (AvgIpc) is 2.81. The van der Waals surface area contributed by atoms with E-state index in [4.69, 9.17) is 11.6 Å². The first-order valence-electron chi connectivity index (χ1n) is 10.7. The molecule has 0 aliphatic carbocycles. The van der Waals surface area contributed by atoms with Crippen LogP contribution < -0.4 is 5.43 Å². The lowest BCUT2D eigenvalue weighted by molar-refractivity contribution is -0.197. The van der Waals surface area contributed by atoms with E-state index in [-0.39, 0.29) is 5.38 Å². The molecule has 0 amide bonds. The SMILES string of the molecule is C/C=N\N=N/NCC(O)(c1ccc(F)cc1F)C(F)(F)c1ccc(/C(=C/C=C\C(C)Cl)CC)cn1. The summed E-state index contributed by atoms with van der Waals surface area (Å²) in [7, 11) is 0. The molecule has 0 aliphatic rings. The van der Waals surface area contributed by atoms with Crippen LogP contribution in [0.3, 0.4) is 0 Å². The van der Waals surface area contributed by atoms with Crippen molar-refractivity contribution in [2.45, 2.75) is 44.1 Å². The number of halogens is 5. The van der Waals surface area contributed by atoms with Gasteiger partial charge in [-0.3, -0.25) is 10.4 Å². The van der Waals surface area contributed by atoms with Crippen molar-refractivity contribution >= 4 is 23.4 Å². The molecule has 0 saturated carbocycles. The summed E-state index contributed by atoms with van der Waals surface area (Å²) >= 11 is 5.89. The summed E-state index contributed by atoms with van der Waals surface area (Å²) in [5.41, 5.74) is -1.31. The zero-order valence-corrected chi connectivity index (χ0v) is 20.1. The van der Waals surface area contributed by atoms with Crippen LogP contribution in [0.5, 0.6) is 0 Å². The van der Waals surface area contributed by atoms with Crippen molar-refractivity contribution in [3.8, 4) is 0 Å². The fraction of sp³-hybridized carbons (Fsp3) is 0.333. The highest BCUT2D eigenvalue weighted by atomic mass is 35.5. The Morgan fingerprint density at radius 1 is 1.26 bits per heavy atom. The third-order valence-corrected chi connectivity index (χ3v) is 5.17. The van der Waals surface area contributed by atoms with Crippen molar-refractivity contribution in [2.75, 3.05) is 6.54 Å². The first kappa shape index (κ1) is 28.1. The molecule has 0 bridgehead atoms. The summed E-state index contributed by atoms with van der Waals surface area (Å²) in [5, 5.41) is 21.0. The molecule has 6 nitrogen and oxygen atoms in total. The number of nitrogens with zero attached hydrogens (tertiary/aromatic N) is 4. The molecule has 2 N–H and O–H groups in total. The van der Waals surface area contributed by atoms with Crippen LogP contribution in [0.4, 0.5) is 17.6 Å². The first-order valence-corrected chi connectivity index (χ1v) is 11.1. The number of benzene rings is 1. The number of alkyl halides is 3. The van der Waals surface area contributed by atoms with E-state index in [9.17, 15) is 13.9 Å². The lowest BCUT2D eigenvalue weighted by Gasteiger charge is -2.35. The minimum absolute atomic E-state index is 0.171. The highest BCUT2D eigenvalue weighted by molar-refractivity contribution is 6.21. The van der Waals surface area contributed by atoms with Crippen molar-refractivity contribution in [3.05, 3.63) is 83.2 Å². The second-order valence-corrected chi connectivity index (χ2v) is 8.19. The third-order valence-electron chi connectivity index (χ3n) is 5.02. The van der Waals surface area contributed by atoms with Gasteiger partial charge in [0.15, 0.2) is 5.60 Å². The molecule has 188 valence electrons. The number of pyridine rings is 1. The van der Waals surface area contributed by atoms with Gasteiger partial charge in [0.1, 0.15) is 17.3 Å². The van der Waals surface area contributed by atoms with Gasteiger partial charge < -0.3 is 5.11 Å². The van der Waals surface area contributed by atoms with Gasteiger partial charge in [-0.2, -0.15) is 8.78 Å². The largest absolute Gasteiger partial charge is 0.377 e. The van der Waals surface area contributed by atoms with E-state index in [2.05, 4.69) is 26.0 Å². The van der Waals surface area contributed by atoms with E-state index in [0.717, 1.165) is 23.8 Å². The molecule has 2 unspecified atom stereocenters. The Morgan fingerprint density at radius 3 is 2.57 bits per heavy atom. The van der Waals surface area contributed by atoms with Gasteiger partial charge >= 0.3 is 5.92 Å².